The Morgan fingerprint density at radius 3 is 2.27 bits per heavy atom. The zero-order valence-electron chi connectivity index (χ0n) is 6.86. The molecule has 0 aromatic carbocycles. The lowest BCUT2D eigenvalue weighted by Gasteiger charge is -2.18. The second-order valence-electron chi connectivity index (χ2n) is 2.87. The Morgan fingerprint density at radius 2 is 1.91 bits per heavy atom. The van der Waals surface area contributed by atoms with Gasteiger partial charge in [-0.25, -0.2) is 8.78 Å². The quantitative estimate of drug-likeness (QED) is 0.654. The maximum atomic E-state index is 11.8. The Morgan fingerprint density at radius 1 is 1.36 bits per heavy atom. The first-order valence-corrected chi connectivity index (χ1v) is 4.71. The van der Waals surface area contributed by atoms with Crippen molar-refractivity contribution in [3.8, 4) is 0 Å². The fourth-order valence-corrected chi connectivity index (χ4v) is 1.10. The van der Waals surface area contributed by atoms with Gasteiger partial charge < -0.3 is 4.90 Å². The van der Waals surface area contributed by atoms with Crippen LogP contribution in [0, 0.1) is 5.92 Å². The van der Waals surface area contributed by atoms with Gasteiger partial charge >= 0.3 is 0 Å². The number of rotatable bonds is 5. The molecule has 0 aromatic rings. The molecule has 68 valence electrons. The second-order valence-corrected chi connectivity index (χ2v) is 3.52. The van der Waals surface area contributed by atoms with Crippen LogP contribution >= 0.6 is 15.9 Å². The molecule has 0 aliphatic heterocycles. The molecule has 1 atom stereocenters. The summed E-state index contributed by atoms with van der Waals surface area (Å²) in [6.07, 6.45) is -2.22. The van der Waals surface area contributed by atoms with E-state index in [1.165, 1.54) is 0 Å². The van der Waals surface area contributed by atoms with Crippen molar-refractivity contribution in [2.24, 2.45) is 5.92 Å². The molecular weight excluding hydrogens is 216 g/mol. The molecule has 0 heterocycles. The summed E-state index contributed by atoms with van der Waals surface area (Å²) >= 11 is 3.30. The molecular formula is C7H14BrF2N. The number of halogens is 3. The minimum Gasteiger partial charge on any atom is -0.301 e. The van der Waals surface area contributed by atoms with E-state index in [0.29, 0.717) is 5.92 Å². The summed E-state index contributed by atoms with van der Waals surface area (Å²) in [5.74, 6) is 0.429. The van der Waals surface area contributed by atoms with Gasteiger partial charge in [0.05, 0.1) is 6.54 Å². The van der Waals surface area contributed by atoms with E-state index in [0.717, 1.165) is 11.9 Å². The highest BCUT2D eigenvalue weighted by Gasteiger charge is 2.09. The number of hydrogen-bond donors (Lipinski definition) is 0. The van der Waals surface area contributed by atoms with Crippen molar-refractivity contribution < 1.29 is 8.78 Å². The molecule has 0 aliphatic rings. The van der Waals surface area contributed by atoms with Crippen molar-refractivity contribution in [2.45, 2.75) is 13.3 Å². The Kier molecular flexibility index (Phi) is 6.05. The second kappa shape index (κ2) is 5.89. The summed E-state index contributed by atoms with van der Waals surface area (Å²) in [6, 6.07) is 0. The molecule has 0 amide bonds. The SMILES string of the molecule is CC(CBr)CN(C)CC(F)F. The highest BCUT2D eigenvalue weighted by Crippen LogP contribution is 2.03. The minimum atomic E-state index is -2.22. The monoisotopic (exact) mass is 229 g/mol. The summed E-state index contributed by atoms with van der Waals surface area (Å²) < 4.78 is 23.6. The van der Waals surface area contributed by atoms with Crippen molar-refractivity contribution >= 4 is 15.9 Å². The van der Waals surface area contributed by atoms with E-state index in [9.17, 15) is 8.78 Å². The maximum absolute atomic E-state index is 11.8. The lowest BCUT2D eigenvalue weighted by Crippen LogP contribution is -2.29. The van der Waals surface area contributed by atoms with Crippen LogP contribution in [0.4, 0.5) is 8.78 Å². The van der Waals surface area contributed by atoms with Crippen LogP contribution < -0.4 is 0 Å². The topological polar surface area (TPSA) is 3.24 Å². The predicted octanol–water partition coefficient (Wildman–Crippen LogP) is 2.21. The van der Waals surface area contributed by atoms with Gasteiger partial charge in [0.15, 0.2) is 0 Å². The highest BCUT2D eigenvalue weighted by molar-refractivity contribution is 9.09. The summed E-state index contributed by atoms with van der Waals surface area (Å²) in [5.41, 5.74) is 0. The number of nitrogens with zero attached hydrogens (tertiary/aromatic N) is 1. The third-order valence-corrected chi connectivity index (χ3v) is 2.44. The smallest absolute Gasteiger partial charge is 0.251 e. The van der Waals surface area contributed by atoms with Gasteiger partial charge in [0.2, 0.25) is 0 Å². The van der Waals surface area contributed by atoms with Gasteiger partial charge in [-0.2, -0.15) is 0 Å². The summed E-state index contributed by atoms with van der Waals surface area (Å²) in [4.78, 5) is 1.65. The van der Waals surface area contributed by atoms with Gasteiger partial charge in [-0.05, 0) is 13.0 Å². The Bertz CT molecular complexity index is 100. The van der Waals surface area contributed by atoms with Crippen LogP contribution in [0.15, 0.2) is 0 Å². The first kappa shape index (κ1) is 11.3. The predicted molar refractivity (Wildman–Crippen MR) is 46.5 cm³/mol. The fourth-order valence-electron chi connectivity index (χ4n) is 0.891. The molecule has 0 aliphatic carbocycles. The Balaban J connectivity index is 3.43. The van der Waals surface area contributed by atoms with Crippen LogP contribution in [0.1, 0.15) is 6.92 Å². The van der Waals surface area contributed by atoms with Gasteiger partial charge in [0.25, 0.3) is 6.43 Å². The first-order valence-electron chi connectivity index (χ1n) is 3.59. The molecule has 4 heteroatoms. The molecule has 11 heavy (non-hydrogen) atoms. The third-order valence-electron chi connectivity index (χ3n) is 1.34. The van der Waals surface area contributed by atoms with Crippen molar-refractivity contribution in [1.29, 1.82) is 0 Å². The fraction of sp³-hybridized carbons (Fsp3) is 1.00. The highest BCUT2D eigenvalue weighted by atomic mass is 79.9. The standard InChI is InChI=1S/C7H14BrF2N/c1-6(3-8)4-11(2)5-7(9)10/h6-7H,3-5H2,1-2H3. The van der Waals surface area contributed by atoms with Crippen molar-refractivity contribution in [3.63, 3.8) is 0 Å². The molecule has 0 saturated heterocycles. The van der Waals surface area contributed by atoms with Crippen LogP contribution in [-0.4, -0.2) is 36.8 Å². The van der Waals surface area contributed by atoms with Gasteiger partial charge in [-0.3, -0.25) is 0 Å². The van der Waals surface area contributed by atoms with E-state index >= 15 is 0 Å². The summed E-state index contributed by atoms with van der Waals surface area (Å²) in [5, 5.41) is 0.862. The first-order chi connectivity index (χ1) is 5.06. The average molecular weight is 230 g/mol. The van der Waals surface area contributed by atoms with E-state index in [4.69, 9.17) is 0 Å². The largest absolute Gasteiger partial charge is 0.301 e. The molecule has 1 unspecified atom stereocenters. The molecule has 0 N–H and O–H groups in total. The van der Waals surface area contributed by atoms with Crippen LogP contribution in [-0.2, 0) is 0 Å². The van der Waals surface area contributed by atoms with Crippen LogP contribution in [0.2, 0.25) is 0 Å². The molecule has 0 aromatic heterocycles. The Labute approximate surface area is 74.9 Å². The molecule has 0 radical (unpaired) electrons. The molecule has 0 bridgehead atoms. The van der Waals surface area contributed by atoms with Crippen molar-refractivity contribution in [3.05, 3.63) is 0 Å². The van der Waals surface area contributed by atoms with E-state index < -0.39 is 6.43 Å². The van der Waals surface area contributed by atoms with E-state index in [-0.39, 0.29) is 6.54 Å². The van der Waals surface area contributed by atoms with Crippen LogP contribution in [0.5, 0.6) is 0 Å². The van der Waals surface area contributed by atoms with E-state index in [2.05, 4.69) is 15.9 Å². The molecule has 0 rings (SSSR count). The van der Waals surface area contributed by atoms with Crippen LogP contribution in [0.25, 0.3) is 0 Å². The minimum absolute atomic E-state index is 0.128. The lowest BCUT2D eigenvalue weighted by molar-refractivity contribution is 0.0958. The molecule has 1 nitrogen and oxygen atoms in total. The molecule has 0 saturated carbocycles. The molecule has 0 spiro atoms. The zero-order valence-corrected chi connectivity index (χ0v) is 8.44. The van der Waals surface area contributed by atoms with E-state index in [1.807, 2.05) is 6.92 Å². The lowest BCUT2D eigenvalue weighted by atomic mass is 10.2. The number of hydrogen-bond acceptors (Lipinski definition) is 1. The van der Waals surface area contributed by atoms with E-state index in [1.54, 1.807) is 11.9 Å². The van der Waals surface area contributed by atoms with Crippen molar-refractivity contribution in [2.75, 3.05) is 25.5 Å². The zero-order chi connectivity index (χ0) is 8.85. The number of alkyl halides is 3. The van der Waals surface area contributed by atoms with Gasteiger partial charge in [0, 0.05) is 11.9 Å². The summed E-state index contributed by atoms with van der Waals surface area (Å²) in [6.45, 7) is 2.61. The average Bonchev–Trinajstić information content (AvgIpc) is 1.85. The Hall–Kier alpha value is 0.300. The van der Waals surface area contributed by atoms with Gasteiger partial charge in [0.1, 0.15) is 0 Å². The van der Waals surface area contributed by atoms with Gasteiger partial charge in [-0.15, -0.1) is 0 Å². The third kappa shape index (κ3) is 6.69. The maximum Gasteiger partial charge on any atom is 0.251 e. The molecule has 0 fully saturated rings. The van der Waals surface area contributed by atoms with Crippen molar-refractivity contribution in [1.82, 2.24) is 4.90 Å². The van der Waals surface area contributed by atoms with Gasteiger partial charge in [-0.1, -0.05) is 22.9 Å². The normalized spacial score (nSPS) is 14.5. The van der Waals surface area contributed by atoms with Crippen LogP contribution in [0.3, 0.4) is 0 Å². The summed E-state index contributed by atoms with van der Waals surface area (Å²) in [7, 11) is 1.71.